The fourth-order valence-corrected chi connectivity index (χ4v) is 4.79. The lowest BCUT2D eigenvalue weighted by molar-refractivity contribution is -0.158. The zero-order valence-corrected chi connectivity index (χ0v) is 17.5. The van der Waals surface area contributed by atoms with Gasteiger partial charge in [0, 0.05) is 19.0 Å². The summed E-state index contributed by atoms with van der Waals surface area (Å²) in [5, 5.41) is 13.1. The topological polar surface area (TPSA) is 95.9 Å². The molecule has 1 heterocycles. The van der Waals surface area contributed by atoms with Crippen LogP contribution in [0.1, 0.15) is 66.2 Å². The van der Waals surface area contributed by atoms with E-state index in [0.29, 0.717) is 31.8 Å². The monoisotopic (exact) mass is 394 g/mol. The summed E-state index contributed by atoms with van der Waals surface area (Å²) >= 11 is 0. The first-order valence-electron chi connectivity index (χ1n) is 10.6. The Hall–Kier alpha value is -1.63. The number of hydrogen-bond acceptors (Lipinski definition) is 5. The Morgan fingerprint density at radius 1 is 1.32 bits per heavy atom. The van der Waals surface area contributed by atoms with Gasteiger partial charge in [-0.3, -0.25) is 14.5 Å². The number of aliphatic hydroxyl groups is 1. The minimum absolute atomic E-state index is 0.111. The number of rotatable bonds is 5. The molecule has 3 rings (SSSR count). The smallest absolute Gasteiger partial charge is 0.411 e. The fraction of sp³-hybridized carbons (Fsp3) is 0.857. The van der Waals surface area contributed by atoms with Crippen LogP contribution >= 0.6 is 0 Å². The van der Waals surface area contributed by atoms with Crippen molar-refractivity contribution in [1.82, 2.24) is 10.2 Å². The first-order chi connectivity index (χ1) is 13.0. The molecular formula is C21H34N2O5. The molecule has 3 fully saturated rings. The van der Waals surface area contributed by atoms with E-state index in [1.807, 2.05) is 0 Å². The average molecular weight is 395 g/mol. The zero-order valence-electron chi connectivity index (χ0n) is 17.5. The second kappa shape index (κ2) is 7.65. The van der Waals surface area contributed by atoms with E-state index < -0.39 is 35.2 Å². The molecular weight excluding hydrogens is 360 g/mol. The molecule has 1 spiro atoms. The van der Waals surface area contributed by atoms with Crippen molar-refractivity contribution in [2.45, 2.75) is 83.5 Å². The predicted octanol–water partition coefficient (Wildman–Crippen LogP) is 2.26. The lowest BCUT2D eigenvalue weighted by Gasteiger charge is -2.50. The number of hydrogen-bond donors (Lipinski definition) is 2. The number of nitrogens with zero attached hydrogens (tertiary/aromatic N) is 1. The second-order valence-electron chi connectivity index (χ2n) is 9.75. The number of likely N-dealkylation sites (tertiary alicyclic amines) is 1. The van der Waals surface area contributed by atoms with Gasteiger partial charge < -0.3 is 15.2 Å². The summed E-state index contributed by atoms with van der Waals surface area (Å²) in [7, 11) is 0. The van der Waals surface area contributed by atoms with Gasteiger partial charge in [0.25, 0.3) is 0 Å². The number of aliphatic hydroxyl groups excluding tert-OH is 1. The van der Waals surface area contributed by atoms with Crippen molar-refractivity contribution in [3.8, 4) is 0 Å². The number of ketones is 1. The lowest BCUT2D eigenvalue weighted by atomic mass is 9.59. The summed E-state index contributed by atoms with van der Waals surface area (Å²) < 4.78 is 5.48. The molecule has 2 amide bonds. The quantitative estimate of drug-likeness (QED) is 0.746. The molecule has 7 heteroatoms. The Morgan fingerprint density at radius 2 is 2.00 bits per heavy atom. The lowest BCUT2D eigenvalue weighted by Crippen LogP contribution is -2.67. The summed E-state index contributed by atoms with van der Waals surface area (Å²) in [6, 6.07) is 0. The van der Waals surface area contributed by atoms with E-state index in [9.17, 15) is 19.5 Å². The second-order valence-corrected chi connectivity index (χ2v) is 9.75. The maximum absolute atomic E-state index is 13.2. The molecule has 28 heavy (non-hydrogen) atoms. The van der Waals surface area contributed by atoms with Crippen LogP contribution in [0.5, 0.6) is 0 Å². The standard InChI is InChI=1S/C21H34N2O5/c1-13(24)16(18(26)22-12-14-7-5-8-14)15-11-21(17(15)25)9-6-10-23(21)19(27)28-20(2,3)4/h13-16,24H,5-12H2,1-4H3,(H,22,26)/t13-,15?,16-,21?/m1/s1. The van der Waals surface area contributed by atoms with Crippen LogP contribution in [-0.4, -0.2) is 58.1 Å². The van der Waals surface area contributed by atoms with Crippen LogP contribution in [0.3, 0.4) is 0 Å². The van der Waals surface area contributed by atoms with Gasteiger partial charge in [0.1, 0.15) is 11.1 Å². The molecule has 1 saturated heterocycles. The highest BCUT2D eigenvalue weighted by atomic mass is 16.6. The van der Waals surface area contributed by atoms with E-state index in [1.165, 1.54) is 6.42 Å². The molecule has 2 aliphatic carbocycles. The number of carbonyl (C=O) groups is 3. The van der Waals surface area contributed by atoms with Crippen molar-refractivity contribution in [2.24, 2.45) is 17.8 Å². The zero-order chi connectivity index (χ0) is 20.7. The number of carbonyl (C=O) groups excluding carboxylic acids is 3. The normalized spacial score (nSPS) is 29.8. The molecule has 0 aromatic heterocycles. The van der Waals surface area contributed by atoms with Crippen LogP contribution in [0.15, 0.2) is 0 Å². The average Bonchev–Trinajstić information content (AvgIpc) is 2.97. The van der Waals surface area contributed by atoms with Crippen LogP contribution in [-0.2, 0) is 14.3 Å². The van der Waals surface area contributed by atoms with E-state index in [1.54, 1.807) is 32.6 Å². The van der Waals surface area contributed by atoms with E-state index in [2.05, 4.69) is 5.32 Å². The number of Topliss-reactive ketones (excluding diaryl/α,β-unsaturated/α-hetero) is 1. The van der Waals surface area contributed by atoms with Gasteiger partial charge in [0.05, 0.1) is 12.0 Å². The maximum Gasteiger partial charge on any atom is 0.411 e. The molecule has 4 atom stereocenters. The third-order valence-electron chi connectivity index (χ3n) is 6.50. The fourth-order valence-electron chi connectivity index (χ4n) is 4.79. The summed E-state index contributed by atoms with van der Waals surface area (Å²) in [5.41, 5.74) is -1.50. The third kappa shape index (κ3) is 3.91. The minimum Gasteiger partial charge on any atom is -0.444 e. The van der Waals surface area contributed by atoms with E-state index in [0.717, 1.165) is 19.3 Å². The first-order valence-corrected chi connectivity index (χ1v) is 10.6. The Kier molecular flexibility index (Phi) is 5.76. The molecule has 0 aromatic rings. The third-order valence-corrected chi connectivity index (χ3v) is 6.50. The van der Waals surface area contributed by atoms with Crippen LogP contribution in [0.4, 0.5) is 4.79 Å². The largest absolute Gasteiger partial charge is 0.444 e. The molecule has 7 nitrogen and oxygen atoms in total. The van der Waals surface area contributed by atoms with Crippen molar-refractivity contribution in [3.05, 3.63) is 0 Å². The molecule has 3 aliphatic rings. The number of amides is 2. The van der Waals surface area contributed by atoms with Crippen molar-refractivity contribution >= 4 is 17.8 Å². The molecule has 2 unspecified atom stereocenters. The van der Waals surface area contributed by atoms with Crippen molar-refractivity contribution in [2.75, 3.05) is 13.1 Å². The van der Waals surface area contributed by atoms with Gasteiger partial charge in [-0.25, -0.2) is 4.79 Å². The summed E-state index contributed by atoms with van der Waals surface area (Å²) in [5.74, 6) is -1.17. The van der Waals surface area contributed by atoms with Crippen LogP contribution in [0.25, 0.3) is 0 Å². The molecule has 1 aliphatic heterocycles. The SMILES string of the molecule is C[C@@H](O)[C@@H](C(=O)NCC1CCC1)C1CC2(CCCN2C(=O)OC(C)(C)C)C1=O. The minimum atomic E-state index is -0.913. The highest BCUT2D eigenvalue weighted by molar-refractivity contribution is 6.02. The Balaban J connectivity index is 1.66. The molecule has 2 N–H and O–H groups in total. The van der Waals surface area contributed by atoms with Crippen molar-refractivity contribution in [3.63, 3.8) is 0 Å². The Bertz CT molecular complexity index is 637. The first kappa shape index (κ1) is 21.1. The predicted molar refractivity (Wildman–Crippen MR) is 104 cm³/mol. The highest BCUT2D eigenvalue weighted by Gasteiger charge is 2.63. The summed E-state index contributed by atoms with van der Waals surface area (Å²) in [4.78, 5) is 40.0. The molecule has 2 saturated carbocycles. The van der Waals surface area contributed by atoms with Crippen LogP contribution in [0.2, 0.25) is 0 Å². The van der Waals surface area contributed by atoms with Gasteiger partial charge in [-0.05, 0) is 65.7 Å². The van der Waals surface area contributed by atoms with Gasteiger partial charge in [-0.1, -0.05) is 6.42 Å². The Morgan fingerprint density at radius 3 is 2.50 bits per heavy atom. The van der Waals surface area contributed by atoms with Gasteiger partial charge in [0.15, 0.2) is 5.78 Å². The summed E-state index contributed by atoms with van der Waals surface area (Å²) in [6.07, 6.45) is 3.81. The number of nitrogens with one attached hydrogen (secondary N) is 1. The summed E-state index contributed by atoms with van der Waals surface area (Å²) in [6.45, 7) is 8.06. The molecule has 0 radical (unpaired) electrons. The molecule has 0 bridgehead atoms. The van der Waals surface area contributed by atoms with Crippen LogP contribution in [0, 0.1) is 17.8 Å². The van der Waals surface area contributed by atoms with Gasteiger partial charge in [-0.15, -0.1) is 0 Å². The molecule has 0 aromatic carbocycles. The van der Waals surface area contributed by atoms with Gasteiger partial charge >= 0.3 is 6.09 Å². The van der Waals surface area contributed by atoms with E-state index >= 15 is 0 Å². The van der Waals surface area contributed by atoms with Crippen molar-refractivity contribution in [1.29, 1.82) is 0 Å². The maximum atomic E-state index is 13.2. The molecule has 158 valence electrons. The Labute approximate surface area is 167 Å². The van der Waals surface area contributed by atoms with Crippen LogP contribution < -0.4 is 5.32 Å². The van der Waals surface area contributed by atoms with E-state index in [-0.39, 0.29) is 11.7 Å². The van der Waals surface area contributed by atoms with E-state index in [4.69, 9.17) is 4.74 Å². The van der Waals surface area contributed by atoms with Crippen molar-refractivity contribution < 1.29 is 24.2 Å². The van der Waals surface area contributed by atoms with Gasteiger partial charge in [-0.2, -0.15) is 0 Å². The number of ether oxygens (including phenoxy) is 1. The van der Waals surface area contributed by atoms with Gasteiger partial charge in [0.2, 0.25) is 5.91 Å². The highest BCUT2D eigenvalue weighted by Crippen LogP contribution is 2.50.